The van der Waals surface area contributed by atoms with E-state index in [0.29, 0.717) is 24.8 Å². The van der Waals surface area contributed by atoms with E-state index in [0.717, 1.165) is 11.3 Å². The summed E-state index contributed by atoms with van der Waals surface area (Å²) in [4.78, 5) is 20.0. The number of nitrogens with zero attached hydrogens (tertiary/aromatic N) is 2. The molecule has 0 atom stereocenters. The summed E-state index contributed by atoms with van der Waals surface area (Å²) >= 11 is 1.37. The van der Waals surface area contributed by atoms with Gasteiger partial charge in [-0.3, -0.25) is 10.3 Å². The minimum absolute atomic E-state index is 0.494. The van der Waals surface area contributed by atoms with Crippen LogP contribution in [0.4, 0.5) is 9.93 Å². The van der Waals surface area contributed by atoms with Gasteiger partial charge in [-0.05, 0) is 32.4 Å². The Bertz CT molecular complexity index is 623. The highest BCUT2D eigenvalue weighted by molar-refractivity contribution is 7.13. The molecule has 0 fully saturated rings. The Balaban J connectivity index is 1.71. The van der Waals surface area contributed by atoms with Crippen LogP contribution in [0, 0.1) is 0 Å². The molecule has 2 heterocycles. The molecule has 0 aliphatic heterocycles. The number of pyridine rings is 1. The molecule has 0 saturated heterocycles. The zero-order valence-corrected chi connectivity index (χ0v) is 14.4. The first kappa shape index (κ1) is 17.4. The van der Waals surface area contributed by atoms with Crippen molar-refractivity contribution in [2.75, 3.05) is 11.9 Å². The van der Waals surface area contributed by atoms with Crippen LogP contribution in [0.2, 0.25) is 0 Å². The first-order chi connectivity index (χ1) is 10.9. The van der Waals surface area contributed by atoms with Crippen molar-refractivity contribution >= 4 is 22.6 Å². The van der Waals surface area contributed by atoms with Crippen LogP contribution in [0.15, 0.2) is 29.9 Å². The smallest absolute Gasteiger partial charge is 0.413 e. The largest absolute Gasteiger partial charge is 0.444 e. The molecule has 0 saturated carbocycles. The zero-order chi connectivity index (χ0) is 16.7. The van der Waals surface area contributed by atoms with Gasteiger partial charge < -0.3 is 9.47 Å². The summed E-state index contributed by atoms with van der Waals surface area (Å²) in [6.45, 7) is 6.55. The third-order valence-electron chi connectivity index (χ3n) is 2.65. The molecule has 7 heteroatoms. The highest BCUT2D eigenvalue weighted by Gasteiger charge is 2.17. The molecule has 23 heavy (non-hydrogen) atoms. The van der Waals surface area contributed by atoms with Crippen molar-refractivity contribution in [1.82, 2.24) is 9.97 Å². The molecule has 0 aliphatic carbocycles. The number of nitrogens with one attached hydrogen (secondary N) is 1. The third-order valence-corrected chi connectivity index (χ3v) is 3.46. The van der Waals surface area contributed by atoms with Gasteiger partial charge in [-0.1, -0.05) is 6.07 Å². The fraction of sp³-hybridized carbons (Fsp3) is 0.438. The molecule has 0 aromatic carbocycles. The van der Waals surface area contributed by atoms with Crippen molar-refractivity contribution in [3.63, 3.8) is 0 Å². The SMILES string of the molecule is CC(C)(C)OC(=O)Nc1nc(CCOCc2cccnc2)cs1. The lowest BCUT2D eigenvalue weighted by Gasteiger charge is -2.18. The van der Waals surface area contributed by atoms with Crippen LogP contribution in [-0.2, 0) is 22.5 Å². The summed E-state index contributed by atoms with van der Waals surface area (Å²) in [5.41, 5.74) is 1.40. The van der Waals surface area contributed by atoms with E-state index in [2.05, 4.69) is 15.3 Å². The van der Waals surface area contributed by atoms with Gasteiger partial charge in [0.05, 0.1) is 18.9 Å². The molecule has 2 aromatic heterocycles. The molecule has 2 rings (SSSR count). The lowest BCUT2D eigenvalue weighted by atomic mass is 10.2. The average Bonchev–Trinajstić information content (AvgIpc) is 2.90. The minimum atomic E-state index is -0.524. The van der Waals surface area contributed by atoms with E-state index in [1.165, 1.54) is 11.3 Å². The normalized spacial score (nSPS) is 11.3. The monoisotopic (exact) mass is 335 g/mol. The molecule has 0 spiro atoms. The number of amides is 1. The molecule has 0 aliphatic rings. The van der Waals surface area contributed by atoms with Crippen LogP contribution in [0.1, 0.15) is 32.0 Å². The molecule has 1 N–H and O–H groups in total. The van der Waals surface area contributed by atoms with Crippen LogP contribution >= 0.6 is 11.3 Å². The van der Waals surface area contributed by atoms with E-state index in [1.807, 2.05) is 38.3 Å². The van der Waals surface area contributed by atoms with Gasteiger partial charge in [0.2, 0.25) is 0 Å². The predicted molar refractivity (Wildman–Crippen MR) is 89.6 cm³/mol. The number of hydrogen-bond donors (Lipinski definition) is 1. The van der Waals surface area contributed by atoms with E-state index >= 15 is 0 Å². The maximum Gasteiger partial charge on any atom is 0.413 e. The van der Waals surface area contributed by atoms with Gasteiger partial charge in [0.25, 0.3) is 0 Å². The molecule has 0 radical (unpaired) electrons. The van der Waals surface area contributed by atoms with E-state index in [9.17, 15) is 4.79 Å². The second-order valence-electron chi connectivity index (χ2n) is 5.93. The Labute approximate surface area is 139 Å². The lowest BCUT2D eigenvalue weighted by Crippen LogP contribution is -2.27. The van der Waals surface area contributed by atoms with Crippen molar-refractivity contribution in [2.24, 2.45) is 0 Å². The fourth-order valence-electron chi connectivity index (χ4n) is 1.72. The number of hydrogen-bond acceptors (Lipinski definition) is 6. The molecule has 2 aromatic rings. The molecule has 1 amide bonds. The van der Waals surface area contributed by atoms with E-state index in [1.54, 1.807) is 12.4 Å². The second-order valence-corrected chi connectivity index (χ2v) is 6.79. The van der Waals surface area contributed by atoms with Crippen molar-refractivity contribution in [3.8, 4) is 0 Å². The number of rotatable bonds is 6. The summed E-state index contributed by atoms with van der Waals surface area (Å²) in [5, 5.41) is 5.06. The number of thiazole rings is 1. The topological polar surface area (TPSA) is 73.3 Å². The van der Waals surface area contributed by atoms with Crippen LogP contribution in [0.5, 0.6) is 0 Å². The lowest BCUT2D eigenvalue weighted by molar-refractivity contribution is 0.0636. The molecule has 124 valence electrons. The fourth-order valence-corrected chi connectivity index (χ4v) is 2.45. The maximum atomic E-state index is 11.7. The molecule has 6 nitrogen and oxygen atoms in total. The van der Waals surface area contributed by atoms with Crippen LogP contribution in [-0.4, -0.2) is 28.3 Å². The summed E-state index contributed by atoms with van der Waals surface area (Å²) in [6, 6.07) is 3.85. The van der Waals surface area contributed by atoms with Gasteiger partial charge in [-0.15, -0.1) is 11.3 Å². The predicted octanol–water partition coefficient (Wildman–Crippen LogP) is 3.64. The molecular weight excluding hydrogens is 314 g/mol. The Morgan fingerprint density at radius 3 is 2.91 bits per heavy atom. The van der Waals surface area contributed by atoms with Gasteiger partial charge in [0.15, 0.2) is 5.13 Å². The minimum Gasteiger partial charge on any atom is -0.444 e. The van der Waals surface area contributed by atoms with Crippen molar-refractivity contribution in [3.05, 3.63) is 41.2 Å². The first-order valence-corrected chi connectivity index (χ1v) is 8.21. The molecule has 0 bridgehead atoms. The van der Waals surface area contributed by atoms with E-state index < -0.39 is 11.7 Å². The maximum absolute atomic E-state index is 11.7. The number of aromatic nitrogens is 2. The molecule has 0 unspecified atom stereocenters. The van der Waals surface area contributed by atoms with Gasteiger partial charge in [0.1, 0.15) is 5.60 Å². The second kappa shape index (κ2) is 8.03. The Morgan fingerprint density at radius 1 is 1.39 bits per heavy atom. The quantitative estimate of drug-likeness (QED) is 0.816. The molecular formula is C16H21N3O3S. The van der Waals surface area contributed by atoms with E-state index in [-0.39, 0.29) is 0 Å². The van der Waals surface area contributed by atoms with Crippen molar-refractivity contribution in [1.29, 1.82) is 0 Å². The number of carbonyl (C=O) groups excluding carboxylic acids is 1. The highest BCUT2D eigenvalue weighted by Crippen LogP contribution is 2.17. The highest BCUT2D eigenvalue weighted by atomic mass is 32.1. The van der Waals surface area contributed by atoms with Crippen LogP contribution < -0.4 is 5.32 Å². The first-order valence-electron chi connectivity index (χ1n) is 7.33. The van der Waals surface area contributed by atoms with Gasteiger partial charge in [-0.25, -0.2) is 9.78 Å². The van der Waals surface area contributed by atoms with Gasteiger partial charge in [0, 0.05) is 24.2 Å². The van der Waals surface area contributed by atoms with Crippen LogP contribution in [0.25, 0.3) is 0 Å². The average molecular weight is 335 g/mol. The Hall–Kier alpha value is -1.99. The Kier molecular flexibility index (Phi) is 6.06. The standard InChI is InChI=1S/C16H21N3O3S/c1-16(2,3)22-15(20)19-14-18-13(11-23-14)6-8-21-10-12-5-4-7-17-9-12/h4-5,7,9,11H,6,8,10H2,1-3H3,(H,18,19,20). The van der Waals surface area contributed by atoms with E-state index in [4.69, 9.17) is 9.47 Å². The van der Waals surface area contributed by atoms with Crippen molar-refractivity contribution in [2.45, 2.75) is 39.4 Å². The number of ether oxygens (including phenoxy) is 2. The number of carbonyl (C=O) groups is 1. The summed E-state index contributed by atoms with van der Waals surface area (Å²) < 4.78 is 10.8. The van der Waals surface area contributed by atoms with Gasteiger partial charge in [-0.2, -0.15) is 0 Å². The summed E-state index contributed by atoms with van der Waals surface area (Å²) in [7, 11) is 0. The number of anilines is 1. The zero-order valence-electron chi connectivity index (χ0n) is 13.5. The third kappa shape index (κ3) is 6.75. The summed E-state index contributed by atoms with van der Waals surface area (Å²) in [5.74, 6) is 0. The van der Waals surface area contributed by atoms with Gasteiger partial charge >= 0.3 is 6.09 Å². The van der Waals surface area contributed by atoms with Crippen molar-refractivity contribution < 1.29 is 14.3 Å². The Morgan fingerprint density at radius 2 is 2.22 bits per heavy atom. The summed E-state index contributed by atoms with van der Waals surface area (Å²) in [6.07, 6.45) is 3.71. The van der Waals surface area contributed by atoms with Crippen LogP contribution in [0.3, 0.4) is 0 Å².